The molecule has 10 nitrogen and oxygen atoms in total. The van der Waals surface area contributed by atoms with Crippen LogP contribution in [0.3, 0.4) is 0 Å². The zero-order chi connectivity index (χ0) is 29.3. The maximum absolute atomic E-state index is 11.9. The number of sulfonamides is 1. The monoisotopic (exact) mass is 577 g/mol. The Hall–Kier alpha value is -3.46. The smallest absolute Gasteiger partial charge is 0.211 e. The summed E-state index contributed by atoms with van der Waals surface area (Å²) in [4.78, 5) is 14.3. The number of nitriles is 1. The fourth-order valence-corrected chi connectivity index (χ4v) is 7.01. The first kappa shape index (κ1) is 29.0. The summed E-state index contributed by atoms with van der Waals surface area (Å²) in [6, 6.07) is 12.6. The van der Waals surface area contributed by atoms with E-state index in [1.807, 2.05) is 38.1 Å². The standard InChI is InChI=1S/C30H39N7O3S/c1-20-23(19-31)7-6-8-25(20)21(2)32-30-26-17-28(29(40-4)18-27(26)33-22(3)34-30)36-11-9-24(10-12-36)35-13-15-37(16-14-35)41(5,38)39/h6-8,17-18,21,24H,9-16H2,1-5H3,(H,32,33,34). The van der Waals surface area contributed by atoms with E-state index in [4.69, 9.17) is 14.7 Å². The molecule has 1 unspecified atom stereocenters. The molecule has 2 aliphatic rings. The minimum absolute atomic E-state index is 0.0646. The molecule has 11 heteroatoms. The Morgan fingerprint density at radius 3 is 2.41 bits per heavy atom. The number of rotatable bonds is 7. The van der Waals surface area contributed by atoms with Crippen molar-refractivity contribution in [3.8, 4) is 11.8 Å². The lowest BCUT2D eigenvalue weighted by molar-refractivity contribution is 0.120. The van der Waals surface area contributed by atoms with Crippen molar-refractivity contribution < 1.29 is 13.2 Å². The van der Waals surface area contributed by atoms with Gasteiger partial charge in [0.05, 0.1) is 42.2 Å². The summed E-state index contributed by atoms with van der Waals surface area (Å²) >= 11 is 0. The Bertz CT molecular complexity index is 1570. The Kier molecular flexibility index (Phi) is 8.36. The lowest BCUT2D eigenvalue weighted by Gasteiger charge is -2.43. The second kappa shape index (κ2) is 11.8. The number of benzene rings is 2. The summed E-state index contributed by atoms with van der Waals surface area (Å²) < 4.78 is 31.2. The highest BCUT2D eigenvalue weighted by molar-refractivity contribution is 7.88. The largest absolute Gasteiger partial charge is 0.495 e. The van der Waals surface area contributed by atoms with Crippen LogP contribution in [-0.2, 0) is 10.0 Å². The second-order valence-corrected chi connectivity index (χ2v) is 13.1. The van der Waals surface area contributed by atoms with Crippen LogP contribution in [0.15, 0.2) is 30.3 Å². The highest BCUT2D eigenvalue weighted by Gasteiger charge is 2.31. The van der Waals surface area contributed by atoms with Crippen molar-refractivity contribution >= 4 is 32.4 Å². The summed E-state index contributed by atoms with van der Waals surface area (Å²) in [5, 5.41) is 14.0. The number of ether oxygens (including phenoxy) is 1. The molecule has 1 atom stereocenters. The summed E-state index contributed by atoms with van der Waals surface area (Å²) in [6.07, 6.45) is 3.29. The second-order valence-electron chi connectivity index (χ2n) is 11.1. The van der Waals surface area contributed by atoms with Gasteiger partial charge in [0.2, 0.25) is 10.0 Å². The van der Waals surface area contributed by atoms with Crippen LogP contribution < -0.4 is 15.0 Å². The average molecular weight is 578 g/mol. The quantitative estimate of drug-likeness (QED) is 0.447. The summed E-state index contributed by atoms with van der Waals surface area (Å²) in [6.45, 7) is 10.4. The third kappa shape index (κ3) is 6.10. The van der Waals surface area contributed by atoms with E-state index in [-0.39, 0.29) is 6.04 Å². The predicted molar refractivity (Wildman–Crippen MR) is 162 cm³/mol. The van der Waals surface area contributed by atoms with Crippen molar-refractivity contribution in [2.45, 2.75) is 45.7 Å². The van der Waals surface area contributed by atoms with Crippen LogP contribution in [0.25, 0.3) is 10.9 Å². The zero-order valence-electron chi connectivity index (χ0n) is 24.5. The van der Waals surface area contributed by atoms with Crippen LogP contribution in [0.4, 0.5) is 11.5 Å². The molecular formula is C30H39N7O3S. The summed E-state index contributed by atoms with van der Waals surface area (Å²) in [7, 11) is -1.44. The van der Waals surface area contributed by atoms with Crippen molar-refractivity contribution in [3.63, 3.8) is 0 Å². The molecule has 5 rings (SSSR count). The van der Waals surface area contributed by atoms with Gasteiger partial charge in [0, 0.05) is 56.8 Å². The van der Waals surface area contributed by atoms with Crippen molar-refractivity contribution in [1.29, 1.82) is 5.26 Å². The highest BCUT2D eigenvalue weighted by atomic mass is 32.2. The van der Waals surface area contributed by atoms with Crippen molar-refractivity contribution in [2.75, 3.05) is 62.9 Å². The third-order valence-corrected chi connectivity index (χ3v) is 9.79. The van der Waals surface area contributed by atoms with Gasteiger partial charge in [-0.3, -0.25) is 4.90 Å². The Labute approximate surface area is 243 Å². The van der Waals surface area contributed by atoms with Crippen LogP contribution in [0.1, 0.15) is 48.3 Å². The van der Waals surface area contributed by atoms with Gasteiger partial charge >= 0.3 is 0 Å². The van der Waals surface area contributed by atoms with E-state index in [0.29, 0.717) is 30.5 Å². The average Bonchev–Trinajstić information content (AvgIpc) is 2.96. The molecule has 1 aromatic heterocycles. The Morgan fingerprint density at radius 2 is 1.78 bits per heavy atom. The first-order chi connectivity index (χ1) is 19.6. The lowest BCUT2D eigenvalue weighted by Crippen LogP contribution is -2.54. The number of fused-ring (bicyclic) bond motifs is 1. The maximum atomic E-state index is 11.9. The summed E-state index contributed by atoms with van der Waals surface area (Å²) in [5.74, 6) is 2.21. The predicted octanol–water partition coefficient (Wildman–Crippen LogP) is 3.85. The molecule has 2 aliphatic heterocycles. The van der Waals surface area contributed by atoms with Gasteiger partial charge in [-0.1, -0.05) is 12.1 Å². The fourth-order valence-electron chi connectivity index (χ4n) is 6.18. The van der Waals surface area contributed by atoms with Crippen LogP contribution in [-0.4, -0.2) is 86.3 Å². The van der Waals surface area contributed by atoms with E-state index in [9.17, 15) is 13.7 Å². The molecule has 3 heterocycles. The molecule has 1 N–H and O–H groups in total. The zero-order valence-corrected chi connectivity index (χ0v) is 25.3. The molecule has 0 saturated carbocycles. The van der Waals surface area contributed by atoms with Crippen molar-refractivity contribution in [3.05, 3.63) is 52.8 Å². The minimum atomic E-state index is -3.13. The fraction of sp³-hybridized carbons (Fsp3) is 0.500. The molecule has 3 aromatic rings. The van der Waals surface area contributed by atoms with E-state index in [1.165, 1.54) is 6.26 Å². The van der Waals surface area contributed by atoms with Gasteiger partial charge in [0.1, 0.15) is 17.4 Å². The van der Waals surface area contributed by atoms with Crippen LogP contribution >= 0.6 is 0 Å². The maximum Gasteiger partial charge on any atom is 0.211 e. The van der Waals surface area contributed by atoms with E-state index in [2.05, 4.69) is 34.2 Å². The molecule has 2 fully saturated rings. The van der Waals surface area contributed by atoms with Crippen LogP contribution in [0.2, 0.25) is 0 Å². The van der Waals surface area contributed by atoms with E-state index >= 15 is 0 Å². The SMILES string of the molecule is COc1cc2nc(C)nc(NC(C)c3cccc(C#N)c3C)c2cc1N1CCC(N2CCN(S(C)(=O)=O)CC2)CC1. The minimum Gasteiger partial charge on any atom is -0.495 e. The molecule has 0 bridgehead atoms. The molecule has 41 heavy (non-hydrogen) atoms. The molecular weight excluding hydrogens is 538 g/mol. The molecule has 0 spiro atoms. The van der Waals surface area contributed by atoms with Crippen LogP contribution in [0.5, 0.6) is 5.75 Å². The van der Waals surface area contributed by atoms with Gasteiger partial charge in [-0.2, -0.15) is 9.57 Å². The van der Waals surface area contributed by atoms with Gasteiger partial charge in [-0.25, -0.2) is 18.4 Å². The molecule has 2 aromatic carbocycles. The first-order valence-corrected chi connectivity index (χ1v) is 16.0. The van der Waals surface area contributed by atoms with Crippen molar-refractivity contribution in [1.82, 2.24) is 19.2 Å². The lowest BCUT2D eigenvalue weighted by atomic mass is 9.98. The number of piperidine rings is 1. The number of piperazine rings is 1. The number of anilines is 2. The first-order valence-electron chi connectivity index (χ1n) is 14.2. The number of hydrogen-bond acceptors (Lipinski definition) is 9. The third-order valence-electron chi connectivity index (χ3n) is 8.49. The van der Waals surface area contributed by atoms with E-state index < -0.39 is 10.0 Å². The number of nitrogens with one attached hydrogen (secondary N) is 1. The van der Waals surface area contributed by atoms with Gasteiger partial charge in [0.15, 0.2) is 0 Å². The Morgan fingerprint density at radius 1 is 1.07 bits per heavy atom. The number of hydrogen-bond donors (Lipinski definition) is 1. The van der Waals surface area contributed by atoms with Crippen LogP contribution in [0, 0.1) is 25.2 Å². The number of aryl methyl sites for hydroxylation is 1. The van der Waals surface area contributed by atoms with Crippen molar-refractivity contribution in [2.24, 2.45) is 0 Å². The van der Waals surface area contributed by atoms with Gasteiger partial charge in [-0.15, -0.1) is 0 Å². The normalized spacial score (nSPS) is 18.3. The molecule has 218 valence electrons. The van der Waals surface area contributed by atoms with Gasteiger partial charge < -0.3 is 15.0 Å². The molecule has 0 radical (unpaired) electrons. The highest BCUT2D eigenvalue weighted by Crippen LogP contribution is 2.38. The number of aromatic nitrogens is 2. The Balaban J connectivity index is 1.37. The summed E-state index contributed by atoms with van der Waals surface area (Å²) in [5.41, 5.74) is 4.53. The molecule has 0 amide bonds. The van der Waals surface area contributed by atoms with Gasteiger partial charge in [-0.05, 0) is 56.9 Å². The van der Waals surface area contributed by atoms with Gasteiger partial charge in [0.25, 0.3) is 0 Å². The molecule has 0 aliphatic carbocycles. The molecule has 2 saturated heterocycles. The number of methoxy groups -OCH3 is 1. The van der Waals surface area contributed by atoms with E-state index in [1.54, 1.807) is 11.4 Å². The van der Waals surface area contributed by atoms with E-state index in [0.717, 1.165) is 78.3 Å². The topological polar surface area (TPSA) is 115 Å². The number of nitrogens with zero attached hydrogens (tertiary/aromatic N) is 6.